The molecule has 1 heterocycles. The molecule has 1 amide bonds. The number of nitrogens with zero attached hydrogens (tertiary/aromatic N) is 1. The second-order valence-corrected chi connectivity index (χ2v) is 7.65. The molecule has 0 fully saturated rings. The first-order valence-corrected chi connectivity index (χ1v) is 9.83. The summed E-state index contributed by atoms with van der Waals surface area (Å²) >= 11 is 0. The zero-order chi connectivity index (χ0) is 23.5. The highest BCUT2D eigenvalue weighted by Gasteiger charge is 2.32. The number of aromatic nitrogens is 1. The Bertz CT molecular complexity index is 964. The van der Waals surface area contributed by atoms with Gasteiger partial charge in [0.2, 0.25) is 0 Å². The van der Waals surface area contributed by atoms with Crippen LogP contribution in [0.15, 0.2) is 24.3 Å². The number of esters is 1. The van der Waals surface area contributed by atoms with Gasteiger partial charge < -0.3 is 19.8 Å². The van der Waals surface area contributed by atoms with Gasteiger partial charge in [0.15, 0.2) is 0 Å². The van der Waals surface area contributed by atoms with Crippen LogP contribution < -0.4 is 10.5 Å². The van der Waals surface area contributed by atoms with Crippen LogP contribution in [0, 0.1) is 12.8 Å². The summed E-state index contributed by atoms with van der Waals surface area (Å²) in [6, 6.07) is 5.31. The summed E-state index contributed by atoms with van der Waals surface area (Å²) < 4.78 is 48.9. The Hall–Kier alpha value is -2.97. The fourth-order valence-electron chi connectivity index (χ4n) is 3.65. The van der Waals surface area contributed by atoms with E-state index < -0.39 is 24.0 Å². The SMILES string of the molecule is COC(=O)CCc1c(-c2cccc(OC(F)(F)F)c2)c(C(N)=O)c(C)n1C(C)C(C)C. The Balaban J connectivity index is 2.77. The third kappa shape index (κ3) is 5.59. The number of halogens is 3. The Morgan fingerprint density at radius 1 is 1.19 bits per heavy atom. The number of carbonyl (C=O) groups excluding carboxylic acids is 2. The largest absolute Gasteiger partial charge is 0.573 e. The molecular weight excluding hydrogens is 413 g/mol. The fourth-order valence-corrected chi connectivity index (χ4v) is 3.65. The molecule has 0 aliphatic heterocycles. The first-order chi connectivity index (χ1) is 14.4. The lowest BCUT2D eigenvalue weighted by atomic mass is 9.97. The molecule has 1 atom stereocenters. The van der Waals surface area contributed by atoms with Crippen LogP contribution in [0.25, 0.3) is 11.1 Å². The van der Waals surface area contributed by atoms with Gasteiger partial charge in [0, 0.05) is 23.0 Å². The van der Waals surface area contributed by atoms with Crippen molar-refractivity contribution in [2.24, 2.45) is 11.7 Å². The van der Waals surface area contributed by atoms with Crippen molar-refractivity contribution in [2.45, 2.75) is 52.9 Å². The van der Waals surface area contributed by atoms with Crippen LogP contribution in [0.1, 0.15) is 55.0 Å². The van der Waals surface area contributed by atoms with Crippen molar-refractivity contribution >= 4 is 11.9 Å². The minimum atomic E-state index is -4.85. The topological polar surface area (TPSA) is 83.6 Å². The summed E-state index contributed by atoms with van der Waals surface area (Å²) in [5.74, 6) is -1.38. The smallest absolute Gasteiger partial charge is 0.469 e. The van der Waals surface area contributed by atoms with Crippen molar-refractivity contribution < 1.29 is 32.2 Å². The highest BCUT2D eigenvalue weighted by atomic mass is 19.4. The first kappa shape index (κ1) is 24.3. The third-order valence-corrected chi connectivity index (χ3v) is 5.32. The molecule has 0 saturated heterocycles. The van der Waals surface area contributed by atoms with Crippen LogP contribution in [-0.2, 0) is 16.0 Å². The molecule has 1 aromatic heterocycles. The van der Waals surface area contributed by atoms with Crippen molar-refractivity contribution in [1.29, 1.82) is 0 Å². The van der Waals surface area contributed by atoms with Crippen molar-refractivity contribution in [2.75, 3.05) is 7.11 Å². The van der Waals surface area contributed by atoms with Crippen LogP contribution in [0.2, 0.25) is 0 Å². The van der Waals surface area contributed by atoms with E-state index >= 15 is 0 Å². The Morgan fingerprint density at radius 3 is 2.35 bits per heavy atom. The van der Waals surface area contributed by atoms with Crippen LogP contribution in [-0.4, -0.2) is 29.9 Å². The van der Waals surface area contributed by atoms with Gasteiger partial charge in [-0.05, 0) is 43.9 Å². The van der Waals surface area contributed by atoms with E-state index in [4.69, 9.17) is 10.5 Å². The molecule has 6 nitrogen and oxygen atoms in total. The molecule has 0 radical (unpaired) electrons. The molecule has 2 rings (SSSR count). The average Bonchev–Trinajstić information content (AvgIpc) is 2.96. The molecule has 31 heavy (non-hydrogen) atoms. The molecule has 9 heteroatoms. The van der Waals surface area contributed by atoms with Gasteiger partial charge in [0.1, 0.15) is 5.75 Å². The highest BCUT2D eigenvalue weighted by molar-refractivity contribution is 6.02. The minimum Gasteiger partial charge on any atom is -0.469 e. The molecule has 2 N–H and O–H groups in total. The zero-order valence-corrected chi connectivity index (χ0v) is 18.2. The lowest BCUT2D eigenvalue weighted by Crippen LogP contribution is -2.18. The average molecular weight is 440 g/mol. The maximum atomic E-state index is 12.7. The van der Waals surface area contributed by atoms with Crippen LogP contribution in [0.3, 0.4) is 0 Å². The predicted molar refractivity (Wildman–Crippen MR) is 110 cm³/mol. The van der Waals surface area contributed by atoms with Gasteiger partial charge in [-0.3, -0.25) is 9.59 Å². The molecule has 0 saturated carbocycles. The first-order valence-electron chi connectivity index (χ1n) is 9.83. The third-order valence-electron chi connectivity index (χ3n) is 5.32. The van der Waals surface area contributed by atoms with Crippen molar-refractivity contribution in [3.05, 3.63) is 41.2 Å². The van der Waals surface area contributed by atoms with Crippen molar-refractivity contribution in [1.82, 2.24) is 4.57 Å². The van der Waals surface area contributed by atoms with E-state index in [1.807, 2.05) is 25.3 Å². The van der Waals surface area contributed by atoms with E-state index in [-0.39, 0.29) is 30.4 Å². The molecule has 1 unspecified atom stereocenters. The van der Waals surface area contributed by atoms with Crippen molar-refractivity contribution in [3.63, 3.8) is 0 Å². The molecule has 1 aromatic carbocycles. The van der Waals surface area contributed by atoms with Gasteiger partial charge in [0.05, 0.1) is 19.1 Å². The molecule has 170 valence electrons. The molecular formula is C22H27F3N2O4. The number of benzene rings is 1. The Morgan fingerprint density at radius 2 is 1.84 bits per heavy atom. The monoisotopic (exact) mass is 440 g/mol. The Kier molecular flexibility index (Phi) is 7.41. The number of amides is 1. The second-order valence-electron chi connectivity index (χ2n) is 7.65. The summed E-state index contributed by atoms with van der Waals surface area (Å²) in [5.41, 5.74) is 7.84. The number of alkyl halides is 3. The number of ether oxygens (including phenoxy) is 2. The molecule has 0 aliphatic carbocycles. The number of primary amides is 1. The van der Waals surface area contributed by atoms with Gasteiger partial charge >= 0.3 is 12.3 Å². The second kappa shape index (κ2) is 9.45. The molecule has 0 bridgehead atoms. The van der Waals surface area contributed by atoms with Gasteiger partial charge in [-0.2, -0.15) is 0 Å². The molecule has 0 spiro atoms. The number of hydrogen-bond acceptors (Lipinski definition) is 4. The zero-order valence-electron chi connectivity index (χ0n) is 18.2. The fraction of sp³-hybridized carbons (Fsp3) is 0.455. The standard InChI is InChI=1S/C22H27F3N2O4/c1-12(2)13(3)27-14(4)19(21(26)29)20(17(27)9-10-18(28)30-5)15-7-6-8-16(11-15)31-22(23,24)25/h6-8,11-13H,9-10H2,1-5H3,(H2,26,29). The van der Waals surface area contributed by atoms with Crippen molar-refractivity contribution in [3.8, 4) is 16.9 Å². The van der Waals surface area contributed by atoms with Gasteiger partial charge in [-0.1, -0.05) is 26.0 Å². The van der Waals surface area contributed by atoms with Crippen LogP contribution in [0.4, 0.5) is 13.2 Å². The normalized spacial score (nSPS) is 12.7. The maximum Gasteiger partial charge on any atom is 0.573 e. The lowest BCUT2D eigenvalue weighted by molar-refractivity contribution is -0.274. The van der Waals surface area contributed by atoms with E-state index in [0.717, 1.165) is 0 Å². The summed E-state index contributed by atoms with van der Waals surface area (Å²) in [6.45, 7) is 7.72. The number of nitrogens with two attached hydrogens (primary N) is 1. The van der Waals surface area contributed by atoms with E-state index in [0.29, 0.717) is 22.5 Å². The quantitative estimate of drug-likeness (QED) is 0.599. The summed E-state index contributed by atoms with van der Waals surface area (Å²) in [7, 11) is 1.27. The minimum absolute atomic E-state index is 0.0364. The van der Waals surface area contributed by atoms with Crippen LogP contribution in [0.5, 0.6) is 5.75 Å². The molecule has 2 aromatic rings. The number of hydrogen-bond donors (Lipinski definition) is 1. The summed E-state index contributed by atoms with van der Waals surface area (Å²) in [4.78, 5) is 24.2. The van der Waals surface area contributed by atoms with Gasteiger partial charge in [0.25, 0.3) is 5.91 Å². The van der Waals surface area contributed by atoms with E-state index in [9.17, 15) is 22.8 Å². The highest BCUT2D eigenvalue weighted by Crippen LogP contribution is 2.38. The van der Waals surface area contributed by atoms with E-state index in [1.54, 1.807) is 13.0 Å². The number of rotatable bonds is 8. The summed E-state index contributed by atoms with van der Waals surface area (Å²) in [5, 5.41) is 0. The Labute approximate surface area is 179 Å². The van der Waals surface area contributed by atoms with Gasteiger partial charge in [-0.15, -0.1) is 13.2 Å². The van der Waals surface area contributed by atoms with Gasteiger partial charge in [-0.25, -0.2) is 0 Å². The molecule has 0 aliphatic rings. The lowest BCUT2D eigenvalue weighted by Gasteiger charge is -2.23. The van der Waals surface area contributed by atoms with E-state index in [1.165, 1.54) is 25.3 Å². The van der Waals surface area contributed by atoms with Crippen LogP contribution >= 0.6 is 0 Å². The predicted octanol–water partition coefficient (Wildman–Crippen LogP) is 4.78. The number of methoxy groups -OCH3 is 1. The van der Waals surface area contributed by atoms with E-state index in [2.05, 4.69) is 4.74 Å². The maximum absolute atomic E-state index is 12.7. The number of carbonyl (C=O) groups is 2. The summed E-state index contributed by atoms with van der Waals surface area (Å²) in [6.07, 6.45) is -4.60.